The maximum atomic E-state index is 12.5. The molecule has 0 spiro atoms. The summed E-state index contributed by atoms with van der Waals surface area (Å²) in [6, 6.07) is 17.8. The number of hydrogen-bond donors (Lipinski definition) is 0. The zero-order chi connectivity index (χ0) is 19.1. The number of hydrogen-bond acceptors (Lipinski definition) is 3. The molecule has 0 saturated heterocycles. The molecule has 0 aliphatic heterocycles. The molecule has 0 N–H and O–H groups in total. The van der Waals surface area contributed by atoms with Crippen LogP contribution >= 0.6 is 11.3 Å². The Morgan fingerprint density at radius 3 is 2.48 bits per heavy atom. The first-order valence-corrected chi connectivity index (χ1v) is 10.1. The van der Waals surface area contributed by atoms with Gasteiger partial charge >= 0.3 is 5.97 Å². The topological polar surface area (TPSA) is 26.3 Å². The second kappa shape index (κ2) is 9.33. The van der Waals surface area contributed by atoms with Crippen molar-refractivity contribution in [3.63, 3.8) is 0 Å². The Kier molecular flexibility index (Phi) is 6.61. The van der Waals surface area contributed by atoms with Gasteiger partial charge in [0, 0.05) is 0 Å². The summed E-state index contributed by atoms with van der Waals surface area (Å²) in [7, 11) is 0. The summed E-state index contributed by atoms with van der Waals surface area (Å²) in [5, 5.41) is 4.12. The van der Waals surface area contributed by atoms with Crippen molar-refractivity contribution in [2.45, 2.75) is 32.8 Å². The summed E-state index contributed by atoms with van der Waals surface area (Å²) in [5.74, 6) is -0.281. The Balaban J connectivity index is 1.71. The van der Waals surface area contributed by atoms with Crippen LogP contribution in [0.5, 0.6) is 0 Å². The van der Waals surface area contributed by atoms with Crippen LogP contribution in [0.4, 0.5) is 0 Å². The molecule has 138 valence electrons. The minimum absolute atomic E-state index is 0.265. The second-order valence-corrected chi connectivity index (χ2v) is 7.54. The minimum Gasteiger partial charge on any atom is -0.455 e. The van der Waals surface area contributed by atoms with Crippen LogP contribution in [0, 0.1) is 13.8 Å². The van der Waals surface area contributed by atoms with Crippen molar-refractivity contribution < 1.29 is 9.53 Å². The molecule has 0 aliphatic carbocycles. The summed E-state index contributed by atoms with van der Waals surface area (Å²) >= 11 is 1.66. The molecule has 1 heterocycles. The van der Waals surface area contributed by atoms with E-state index in [9.17, 15) is 4.79 Å². The first-order valence-electron chi connectivity index (χ1n) is 9.14. The molecule has 3 rings (SSSR count). The van der Waals surface area contributed by atoms with E-state index in [0.717, 1.165) is 18.4 Å². The van der Waals surface area contributed by atoms with Gasteiger partial charge in [0.15, 0.2) is 0 Å². The molecule has 0 saturated carbocycles. The van der Waals surface area contributed by atoms with E-state index < -0.39 is 0 Å². The summed E-state index contributed by atoms with van der Waals surface area (Å²) < 4.78 is 5.79. The molecule has 0 amide bonds. The molecule has 0 aliphatic rings. The van der Waals surface area contributed by atoms with Gasteiger partial charge in [-0.3, -0.25) is 0 Å². The zero-order valence-corrected chi connectivity index (χ0v) is 16.5. The third kappa shape index (κ3) is 5.93. The lowest BCUT2D eigenvalue weighted by Crippen LogP contribution is -2.17. The van der Waals surface area contributed by atoms with E-state index in [2.05, 4.69) is 43.5 Å². The average Bonchev–Trinajstić information content (AvgIpc) is 3.17. The van der Waals surface area contributed by atoms with Crippen molar-refractivity contribution in [1.29, 1.82) is 0 Å². The minimum atomic E-state index is -0.281. The van der Waals surface area contributed by atoms with Crippen LogP contribution in [0.25, 0.3) is 6.08 Å². The number of carbonyl (C=O) groups is 1. The lowest BCUT2D eigenvalue weighted by Gasteiger charge is -2.15. The SMILES string of the molecule is Cc1cc(C)cc(CC[C@H](/C=C/c2ccsc2)OC(=O)c2ccccc2)c1. The van der Waals surface area contributed by atoms with Crippen molar-refractivity contribution >= 4 is 23.4 Å². The van der Waals surface area contributed by atoms with Gasteiger partial charge in [-0.05, 0) is 72.9 Å². The fourth-order valence-electron chi connectivity index (χ4n) is 3.08. The largest absolute Gasteiger partial charge is 0.455 e. The Hall–Kier alpha value is -2.65. The molecule has 3 heteroatoms. The number of ether oxygens (including phenoxy) is 1. The number of benzene rings is 2. The van der Waals surface area contributed by atoms with E-state index in [1.54, 1.807) is 23.5 Å². The third-order valence-electron chi connectivity index (χ3n) is 4.31. The Morgan fingerprint density at radius 1 is 1.07 bits per heavy atom. The number of aryl methyl sites for hydroxylation is 3. The highest BCUT2D eigenvalue weighted by molar-refractivity contribution is 7.08. The van der Waals surface area contributed by atoms with E-state index in [0.29, 0.717) is 5.56 Å². The summed E-state index contributed by atoms with van der Waals surface area (Å²) in [6.45, 7) is 4.22. The van der Waals surface area contributed by atoms with Crippen molar-refractivity contribution in [1.82, 2.24) is 0 Å². The van der Waals surface area contributed by atoms with Gasteiger partial charge in [-0.2, -0.15) is 11.3 Å². The van der Waals surface area contributed by atoms with E-state index >= 15 is 0 Å². The van der Waals surface area contributed by atoms with Crippen LogP contribution in [0.15, 0.2) is 71.4 Å². The molecule has 27 heavy (non-hydrogen) atoms. The van der Waals surface area contributed by atoms with Crippen LogP contribution in [0.1, 0.15) is 39.0 Å². The average molecular weight is 377 g/mol. The van der Waals surface area contributed by atoms with Crippen LogP contribution in [-0.2, 0) is 11.2 Å². The highest BCUT2D eigenvalue weighted by atomic mass is 32.1. The fourth-order valence-corrected chi connectivity index (χ4v) is 3.71. The molecule has 0 radical (unpaired) electrons. The van der Waals surface area contributed by atoms with Crippen molar-refractivity contribution in [3.8, 4) is 0 Å². The van der Waals surface area contributed by atoms with Gasteiger partial charge in [0.05, 0.1) is 5.56 Å². The van der Waals surface area contributed by atoms with Crippen molar-refractivity contribution in [2.75, 3.05) is 0 Å². The van der Waals surface area contributed by atoms with Crippen LogP contribution in [-0.4, -0.2) is 12.1 Å². The van der Waals surface area contributed by atoms with Gasteiger partial charge in [-0.1, -0.05) is 53.6 Å². The quantitative estimate of drug-likeness (QED) is 0.456. The molecule has 1 aromatic heterocycles. The molecule has 3 aromatic rings. The van der Waals surface area contributed by atoms with Gasteiger partial charge < -0.3 is 4.74 Å². The Bertz CT molecular complexity index is 875. The highest BCUT2D eigenvalue weighted by Gasteiger charge is 2.14. The van der Waals surface area contributed by atoms with E-state index in [1.165, 1.54) is 16.7 Å². The lowest BCUT2D eigenvalue weighted by molar-refractivity contribution is 0.0382. The van der Waals surface area contributed by atoms with Crippen molar-refractivity contribution in [2.24, 2.45) is 0 Å². The lowest BCUT2D eigenvalue weighted by atomic mass is 10.0. The van der Waals surface area contributed by atoms with Gasteiger partial charge in [-0.25, -0.2) is 4.79 Å². The normalized spacial score (nSPS) is 12.2. The number of carbonyl (C=O) groups excluding carboxylic acids is 1. The molecule has 0 bridgehead atoms. The van der Waals surface area contributed by atoms with E-state index in [-0.39, 0.29) is 12.1 Å². The van der Waals surface area contributed by atoms with Crippen LogP contribution < -0.4 is 0 Å². The first-order chi connectivity index (χ1) is 13.1. The summed E-state index contributed by atoms with van der Waals surface area (Å²) in [6.07, 6.45) is 5.37. The summed E-state index contributed by atoms with van der Waals surface area (Å²) in [4.78, 5) is 12.5. The zero-order valence-electron chi connectivity index (χ0n) is 15.7. The number of esters is 1. The highest BCUT2D eigenvalue weighted by Crippen LogP contribution is 2.16. The van der Waals surface area contributed by atoms with Gasteiger partial charge in [0.1, 0.15) is 6.10 Å². The monoisotopic (exact) mass is 376 g/mol. The maximum Gasteiger partial charge on any atom is 0.338 e. The molecular weight excluding hydrogens is 352 g/mol. The molecule has 2 aromatic carbocycles. The number of rotatable bonds is 7. The van der Waals surface area contributed by atoms with Crippen molar-refractivity contribution in [3.05, 3.63) is 99.3 Å². The van der Waals surface area contributed by atoms with Gasteiger partial charge in [-0.15, -0.1) is 0 Å². The van der Waals surface area contributed by atoms with Gasteiger partial charge in [0.25, 0.3) is 0 Å². The molecular formula is C24H24O2S. The molecule has 0 unspecified atom stereocenters. The molecule has 0 fully saturated rings. The predicted molar refractivity (Wildman–Crippen MR) is 113 cm³/mol. The predicted octanol–water partition coefficient (Wildman–Crippen LogP) is 6.24. The smallest absolute Gasteiger partial charge is 0.338 e. The van der Waals surface area contributed by atoms with Gasteiger partial charge in [0.2, 0.25) is 0 Å². The maximum absolute atomic E-state index is 12.5. The van der Waals surface area contributed by atoms with Crippen LogP contribution in [0.2, 0.25) is 0 Å². The Labute approximate surface area is 165 Å². The molecule has 1 atom stereocenters. The number of thiophene rings is 1. The standard InChI is InChI=1S/C24H24O2S/c1-18-14-19(2)16-21(15-18)9-11-23(10-8-20-12-13-27-17-20)26-24(25)22-6-4-3-5-7-22/h3-8,10,12-17,23H,9,11H2,1-2H3/b10-8+/t23-/m0/s1. The van der Waals surface area contributed by atoms with E-state index in [4.69, 9.17) is 4.74 Å². The second-order valence-electron chi connectivity index (χ2n) is 6.76. The van der Waals surface area contributed by atoms with E-state index in [1.807, 2.05) is 35.7 Å². The fraction of sp³-hybridized carbons (Fsp3) is 0.208. The third-order valence-corrected chi connectivity index (χ3v) is 5.01. The summed E-state index contributed by atoms with van der Waals surface area (Å²) in [5.41, 5.74) is 5.51. The first kappa shape index (κ1) is 19.1. The Morgan fingerprint density at radius 2 is 1.81 bits per heavy atom. The molecule has 2 nitrogen and oxygen atoms in total. The van der Waals surface area contributed by atoms with Crippen LogP contribution in [0.3, 0.4) is 0 Å².